The maximum Gasteiger partial charge on any atom is 0.324 e. The second-order valence-corrected chi connectivity index (χ2v) is 3.61. The molecule has 0 amide bonds. The maximum absolute atomic E-state index is 10.4. The average molecular weight is 161 g/mol. The van der Waals surface area contributed by atoms with E-state index in [1.54, 1.807) is 11.8 Å². The lowest BCUT2D eigenvalue weighted by Gasteiger charge is -2.02. The van der Waals surface area contributed by atoms with Gasteiger partial charge in [-0.15, -0.1) is 0 Å². The van der Waals surface area contributed by atoms with Crippen LogP contribution in [0.5, 0.6) is 0 Å². The number of carboxylic acids is 1. The van der Waals surface area contributed by atoms with Crippen molar-refractivity contribution >= 4 is 17.7 Å². The van der Waals surface area contributed by atoms with Crippen molar-refractivity contribution in [2.24, 2.45) is 11.7 Å². The van der Waals surface area contributed by atoms with Gasteiger partial charge in [-0.25, -0.2) is 0 Å². The van der Waals surface area contributed by atoms with Gasteiger partial charge in [-0.05, 0) is 24.3 Å². The number of hydrogen-bond donors (Lipinski definition) is 2. The number of rotatable bonds is 3. The van der Waals surface area contributed by atoms with Crippen LogP contribution in [0.4, 0.5) is 0 Å². The molecule has 0 radical (unpaired) electrons. The summed E-state index contributed by atoms with van der Waals surface area (Å²) in [5.74, 6) is 0.203. The molecule has 0 spiro atoms. The fraction of sp³-hybridized carbons (Fsp3) is 0.833. The van der Waals surface area contributed by atoms with Crippen molar-refractivity contribution in [3.63, 3.8) is 0 Å². The van der Waals surface area contributed by atoms with E-state index in [4.69, 9.17) is 10.8 Å². The Morgan fingerprint density at radius 2 is 2.60 bits per heavy atom. The van der Waals surface area contributed by atoms with Gasteiger partial charge in [0.1, 0.15) is 5.54 Å². The van der Waals surface area contributed by atoms with Gasteiger partial charge < -0.3 is 10.8 Å². The lowest BCUT2D eigenvalue weighted by molar-refractivity contribution is -0.139. The Hall–Kier alpha value is -0.220. The van der Waals surface area contributed by atoms with Crippen LogP contribution in [0.25, 0.3) is 0 Å². The molecule has 0 aromatic heterocycles. The van der Waals surface area contributed by atoms with E-state index in [2.05, 4.69) is 0 Å². The van der Waals surface area contributed by atoms with Crippen LogP contribution < -0.4 is 5.73 Å². The summed E-state index contributed by atoms with van der Waals surface area (Å²) in [6, 6.07) is 0. The highest BCUT2D eigenvalue weighted by molar-refractivity contribution is 7.98. The molecule has 0 aromatic carbocycles. The first-order valence-corrected chi connectivity index (χ1v) is 4.52. The van der Waals surface area contributed by atoms with Crippen molar-refractivity contribution in [2.75, 3.05) is 12.0 Å². The summed E-state index contributed by atoms with van der Waals surface area (Å²) in [5, 5.41) is 8.58. The predicted octanol–water partition coefficient (Wildman–Crippen LogP) is 0.151. The number of nitrogens with two attached hydrogens (primary N) is 1. The molecular formula is C6H11NO2S. The molecule has 1 aliphatic carbocycles. The number of hydrogen-bond acceptors (Lipinski definition) is 3. The highest BCUT2D eigenvalue weighted by atomic mass is 32.2. The van der Waals surface area contributed by atoms with Crippen molar-refractivity contribution < 1.29 is 9.90 Å². The van der Waals surface area contributed by atoms with E-state index in [-0.39, 0.29) is 5.92 Å². The second-order valence-electron chi connectivity index (χ2n) is 2.70. The van der Waals surface area contributed by atoms with E-state index in [0.29, 0.717) is 6.42 Å². The van der Waals surface area contributed by atoms with Crippen molar-refractivity contribution in [1.29, 1.82) is 0 Å². The predicted molar refractivity (Wildman–Crippen MR) is 41.0 cm³/mol. The Morgan fingerprint density at radius 1 is 2.00 bits per heavy atom. The van der Waals surface area contributed by atoms with E-state index in [1.165, 1.54) is 0 Å². The van der Waals surface area contributed by atoms with Gasteiger partial charge in [-0.1, -0.05) is 0 Å². The summed E-state index contributed by atoms with van der Waals surface area (Å²) < 4.78 is 0. The van der Waals surface area contributed by atoms with Crippen LogP contribution in [-0.2, 0) is 4.79 Å². The molecule has 1 saturated carbocycles. The Bertz CT molecular complexity index is 162. The van der Waals surface area contributed by atoms with E-state index >= 15 is 0 Å². The molecule has 58 valence electrons. The molecule has 0 heterocycles. The molecule has 0 aromatic rings. The Kier molecular flexibility index (Phi) is 1.92. The monoisotopic (exact) mass is 161 g/mol. The minimum Gasteiger partial charge on any atom is -0.480 e. The van der Waals surface area contributed by atoms with Crippen LogP contribution in [0.2, 0.25) is 0 Å². The molecule has 0 saturated heterocycles. The number of thioether (sulfide) groups is 1. The number of aliphatic carboxylic acids is 1. The van der Waals surface area contributed by atoms with Crippen LogP contribution in [-0.4, -0.2) is 28.6 Å². The Labute approximate surface area is 64.0 Å². The number of carbonyl (C=O) groups is 1. The first kappa shape index (κ1) is 7.88. The fourth-order valence-corrected chi connectivity index (χ4v) is 1.84. The molecule has 1 rings (SSSR count). The van der Waals surface area contributed by atoms with Crippen LogP contribution in [0.15, 0.2) is 0 Å². The van der Waals surface area contributed by atoms with Crippen LogP contribution in [0.1, 0.15) is 6.42 Å². The Balaban J connectivity index is 2.40. The molecule has 3 nitrogen and oxygen atoms in total. The molecule has 1 fully saturated rings. The lowest BCUT2D eigenvalue weighted by Crippen LogP contribution is -2.35. The van der Waals surface area contributed by atoms with Gasteiger partial charge in [0.25, 0.3) is 0 Å². The molecule has 0 bridgehead atoms. The standard InChI is InChI=1S/C6H11NO2S/c1-10-3-4-2-6(4,7)5(8)9/h4H,2-3,7H2,1H3,(H,8,9)/t4-,6-/m1/s1. The van der Waals surface area contributed by atoms with Crippen LogP contribution in [0, 0.1) is 5.92 Å². The molecule has 1 aliphatic rings. The van der Waals surface area contributed by atoms with Gasteiger partial charge in [0.15, 0.2) is 0 Å². The SMILES string of the molecule is CSC[C@H]1C[C@]1(N)C(=O)O. The highest BCUT2D eigenvalue weighted by Crippen LogP contribution is 2.42. The minimum atomic E-state index is -0.886. The lowest BCUT2D eigenvalue weighted by atomic mass is 10.2. The second kappa shape index (κ2) is 2.43. The zero-order valence-corrected chi connectivity index (χ0v) is 6.65. The van der Waals surface area contributed by atoms with Crippen molar-refractivity contribution in [3.05, 3.63) is 0 Å². The Morgan fingerprint density at radius 3 is 2.90 bits per heavy atom. The largest absolute Gasteiger partial charge is 0.480 e. The molecule has 4 heteroatoms. The highest BCUT2D eigenvalue weighted by Gasteiger charge is 2.56. The first-order chi connectivity index (χ1) is 4.61. The van der Waals surface area contributed by atoms with Crippen molar-refractivity contribution in [2.45, 2.75) is 12.0 Å². The van der Waals surface area contributed by atoms with Gasteiger partial charge in [0, 0.05) is 0 Å². The zero-order valence-electron chi connectivity index (χ0n) is 5.83. The smallest absolute Gasteiger partial charge is 0.324 e. The third-order valence-electron chi connectivity index (χ3n) is 1.92. The minimum absolute atomic E-state index is 0.194. The van der Waals surface area contributed by atoms with Crippen LogP contribution in [0.3, 0.4) is 0 Å². The first-order valence-electron chi connectivity index (χ1n) is 3.12. The van der Waals surface area contributed by atoms with Gasteiger partial charge in [-0.2, -0.15) is 11.8 Å². The average Bonchev–Trinajstić information content (AvgIpc) is 2.45. The molecule has 0 unspecified atom stereocenters. The van der Waals surface area contributed by atoms with Gasteiger partial charge >= 0.3 is 5.97 Å². The zero-order chi connectivity index (χ0) is 7.78. The third-order valence-corrected chi connectivity index (χ3v) is 2.65. The van der Waals surface area contributed by atoms with Crippen molar-refractivity contribution in [1.82, 2.24) is 0 Å². The van der Waals surface area contributed by atoms with E-state index in [1.807, 2.05) is 6.26 Å². The van der Waals surface area contributed by atoms with E-state index in [0.717, 1.165) is 5.75 Å². The topological polar surface area (TPSA) is 63.3 Å². The van der Waals surface area contributed by atoms with Gasteiger partial charge in [0.2, 0.25) is 0 Å². The quantitative estimate of drug-likeness (QED) is 0.618. The molecule has 2 atom stereocenters. The summed E-state index contributed by atoms with van der Waals surface area (Å²) in [4.78, 5) is 10.4. The van der Waals surface area contributed by atoms with Crippen molar-refractivity contribution in [3.8, 4) is 0 Å². The normalized spacial score (nSPS) is 37.6. The summed E-state index contributed by atoms with van der Waals surface area (Å²) >= 11 is 1.65. The third kappa shape index (κ3) is 1.13. The summed E-state index contributed by atoms with van der Waals surface area (Å²) in [6.45, 7) is 0. The molecule has 0 aliphatic heterocycles. The fourth-order valence-electron chi connectivity index (χ4n) is 1.02. The number of carboxylic acid groups (broad SMARTS) is 1. The van der Waals surface area contributed by atoms with Gasteiger partial charge in [0.05, 0.1) is 0 Å². The summed E-state index contributed by atoms with van der Waals surface area (Å²) in [7, 11) is 0. The van der Waals surface area contributed by atoms with E-state index < -0.39 is 11.5 Å². The molecule has 10 heavy (non-hydrogen) atoms. The maximum atomic E-state index is 10.4. The molecular weight excluding hydrogens is 150 g/mol. The van der Waals surface area contributed by atoms with E-state index in [9.17, 15) is 4.79 Å². The van der Waals surface area contributed by atoms with Crippen LogP contribution >= 0.6 is 11.8 Å². The molecule has 3 N–H and O–H groups in total. The summed E-state index contributed by atoms with van der Waals surface area (Å²) in [5.41, 5.74) is 4.62. The summed E-state index contributed by atoms with van der Waals surface area (Å²) in [6.07, 6.45) is 2.60. The van der Waals surface area contributed by atoms with Gasteiger partial charge in [-0.3, -0.25) is 4.79 Å².